The fourth-order valence-electron chi connectivity index (χ4n) is 3.50. The van der Waals surface area contributed by atoms with Crippen LogP contribution in [0.15, 0.2) is 0 Å². The summed E-state index contributed by atoms with van der Waals surface area (Å²) in [4.78, 5) is 46.7. The number of carbonyl (C=O) groups is 4. The Morgan fingerprint density at radius 3 is 2.56 bits per heavy atom. The molecule has 2 aliphatic heterocycles. The van der Waals surface area contributed by atoms with Crippen molar-refractivity contribution >= 4 is 35.1 Å². The number of ketones is 3. The molecule has 2 rings (SSSR count). The second-order valence-corrected chi connectivity index (χ2v) is 8.53. The van der Waals surface area contributed by atoms with Crippen LogP contribution in [0, 0.1) is 0 Å². The van der Waals surface area contributed by atoms with E-state index in [4.69, 9.17) is 11.5 Å². The predicted molar refractivity (Wildman–Crippen MR) is 104 cm³/mol. The summed E-state index contributed by atoms with van der Waals surface area (Å²) in [5.41, 5.74) is 11.1. The molecule has 0 aromatic carbocycles. The number of hydrogen-bond acceptors (Lipinski definition) is 7. The summed E-state index contributed by atoms with van der Waals surface area (Å²) in [6, 6.07) is -0.484. The van der Waals surface area contributed by atoms with E-state index < -0.39 is 6.04 Å². The van der Waals surface area contributed by atoms with Crippen LogP contribution in [0.4, 0.5) is 4.79 Å². The number of nitrogens with one attached hydrogen (secondary N) is 2. The first-order valence-corrected chi connectivity index (χ1v) is 10.7. The number of fused-ring (bicyclic) bond motifs is 1. The summed E-state index contributed by atoms with van der Waals surface area (Å²) in [5, 5.41) is 6.25. The number of amides is 2. The molecular formula is C18H30N4O4S. The van der Waals surface area contributed by atoms with Crippen molar-refractivity contribution in [2.24, 2.45) is 11.5 Å². The van der Waals surface area contributed by atoms with Gasteiger partial charge in [0.1, 0.15) is 17.3 Å². The minimum Gasteiger partial charge on any atom is -0.332 e. The number of Topliss-reactive ketones (excluding diaryl/α,β-unsaturated/α-hetero) is 3. The van der Waals surface area contributed by atoms with Crippen molar-refractivity contribution < 1.29 is 19.2 Å². The molecule has 2 heterocycles. The molecule has 1 unspecified atom stereocenters. The molecular weight excluding hydrogens is 368 g/mol. The van der Waals surface area contributed by atoms with Crippen molar-refractivity contribution in [2.45, 2.75) is 74.7 Å². The first kappa shape index (κ1) is 21.8. The van der Waals surface area contributed by atoms with Crippen LogP contribution in [-0.2, 0) is 14.4 Å². The Hall–Kier alpha value is -1.45. The second kappa shape index (κ2) is 10.8. The van der Waals surface area contributed by atoms with Gasteiger partial charge in [-0.25, -0.2) is 4.79 Å². The highest BCUT2D eigenvalue weighted by Gasteiger charge is 2.42. The third kappa shape index (κ3) is 6.90. The zero-order valence-corrected chi connectivity index (χ0v) is 16.4. The second-order valence-electron chi connectivity index (χ2n) is 7.26. The van der Waals surface area contributed by atoms with Gasteiger partial charge in [0.25, 0.3) is 0 Å². The third-order valence-electron chi connectivity index (χ3n) is 5.07. The number of nitrogens with two attached hydrogens (primary N) is 2. The molecule has 2 saturated heterocycles. The van der Waals surface area contributed by atoms with Crippen LogP contribution in [0.3, 0.4) is 0 Å². The van der Waals surface area contributed by atoms with E-state index in [9.17, 15) is 19.2 Å². The van der Waals surface area contributed by atoms with E-state index in [1.807, 2.05) is 11.8 Å². The van der Waals surface area contributed by atoms with Crippen LogP contribution in [0.5, 0.6) is 0 Å². The average Bonchev–Trinajstić information content (AvgIpc) is 3.16. The molecule has 27 heavy (non-hydrogen) atoms. The fourth-order valence-corrected chi connectivity index (χ4v) is 5.04. The summed E-state index contributed by atoms with van der Waals surface area (Å²) in [5.74, 6) is 0.628. The maximum absolute atomic E-state index is 12.1. The lowest BCUT2D eigenvalue weighted by molar-refractivity contribution is -0.126. The Bertz CT molecular complexity index is 572. The van der Waals surface area contributed by atoms with Crippen LogP contribution in [0.2, 0.25) is 0 Å². The Morgan fingerprint density at radius 2 is 1.81 bits per heavy atom. The number of unbranched alkanes of at least 4 members (excludes halogenated alkanes) is 1. The third-order valence-corrected chi connectivity index (χ3v) is 6.58. The van der Waals surface area contributed by atoms with Gasteiger partial charge in [-0.2, -0.15) is 11.8 Å². The summed E-state index contributed by atoms with van der Waals surface area (Å²) >= 11 is 1.85. The van der Waals surface area contributed by atoms with E-state index in [1.165, 1.54) is 0 Å². The van der Waals surface area contributed by atoms with Crippen LogP contribution >= 0.6 is 11.8 Å². The van der Waals surface area contributed by atoms with E-state index >= 15 is 0 Å². The molecule has 0 aromatic heterocycles. The highest BCUT2D eigenvalue weighted by Crippen LogP contribution is 2.33. The normalized spacial score (nSPS) is 24.8. The molecule has 9 heteroatoms. The number of thioether (sulfide) groups is 1. The molecule has 2 aliphatic rings. The molecule has 0 aliphatic carbocycles. The van der Waals surface area contributed by atoms with Crippen LogP contribution < -0.4 is 22.1 Å². The molecule has 2 fully saturated rings. The predicted octanol–water partition coefficient (Wildman–Crippen LogP) is 0.266. The zero-order chi connectivity index (χ0) is 19.8. The number of carbonyl (C=O) groups excluding carboxylic acids is 4. The smallest absolute Gasteiger partial charge is 0.315 e. The quantitative estimate of drug-likeness (QED) is 0.257. The lowest BCUT2D eigenvalue weighted by Gasteiger charge is -2.16. The van der Waals surface area contributed by atoms with Crippen molar-refractivity contribution in [1.82, 2.24) is 10.6 Å². The van der Waals surface area contributed by atoms with Crippen LogP contribution in [0.1, 0.15) is 51.4 Å². The Labute approximate surface area is 163 Å². The molecule has 4 atom stereocenters. The van der Waals surface area contributed by atoms with Gasteiger partial charge in [-0.1, -0.05) is 6.42 Å². The monoisotopic (exact) mass is 398 g/mol. The van der Waals surface area contributed by atoms with E-state index in [0.29, 0.717) is 11.7 Å². The van der Waals surface area contributed by atoms with Crippen LogP contribution in [-0.4, -0.2) is 59.1 Å². The van der Waals surface area contributed by atoms with Gasteiger partial charge in [0.2, 0.25) is 0 Å². The lowest BCUT2D eigenvalue weighted by atomic mass is 9.98. The van der Waals surface area contributed by atoms with Gasteiger partial charge in [-0.15, -0.1) is 0 Å². The SMILES string of the molecule is NCCC(=O)CCC(=O)CC(N)C(=O)CCCC[C@@H]1SC[C@@H]2NC(=O)N[C@@H]21. The summed E-state index contributed by atoms with van der Waals surface area (Å²) in [6.07, 6.45) is 3.48. The van der Waals surface area contributed by atoms with Crippen molar-refractivity contribution in [2.75, 3.05) is 12.3 Å². The van der Waals surface area contributed by atoms with E-state index in [0.717, 1.165) is 25.0 Å². The van der Waals surface area contributed by atoms with Gasteiger partial charge in [0.15, 0.2) is 0 Å². The zero-order valence-electron chi connectivity index (χ0n) is 15.6. The molecule has 152 valence electrons. The number of urea groups is 1. The highest BCUT2D eigenvalue weighted by atomic mass is 32.2. The molecule has 0 aromatic rings. The standard InChI is InChI=1S/C18H30N4O4S/c19-8-7-11(23)5-6-12(24)9-13(20)15(25)3-1-2-4-16-17-14(10-27-16)21-18(26)22-17/h13-14,16-17H,1-10,19-20H2,(H2,21,22,26)/t13?,14-,16-,17-/m0/s1. The molecule has 0 radical (unpaired) electrons. The van der Waals surface area contributed by atoms with E-state index in [1.54, 1.807) is 0 Å². The first-order valence-electron chi connectivity index (χ1n) is 9.61. The fraction of sp³-hybridized carbons (Fsp3) is 0.778. The Kier molecular flexibility index (Phi) is 8.72. The van der Waals surface area contributed by atoms with Gasteiger partial charge < -0.3 is 22.1 Å². The van der Waals surface area contributed by atoms with Gasteiger partial charge in [0.05, 0.1) is 18.1 Å². The maximum atomic E-state index is 12.1. The van der Waals surface area contributed by atoms with Crippen LogP contribution in [0.25, 0.3) is 0 Å². The molecule has 2 amide bonds. The molecule has 0 spiro atoms. The largest absolute Gasteiger partial charge is 0.332 e. The first-order chi connectivity index (χ1) is 12.9. The summed E-state index contributed by atoms with van der Waals surface area (Å²) in [6.45, 7) is 0.286. The van der Waals surface area contributed by atoms with Crippen molar-refractivity contribution in [1.29, 1.82) is 0 Å². The topological polar surface area (TPSA) is 144 Å². The highest BCUT2D eigenvalue weighted by molar-refractivity contribution is 8.00. The molecule has 8 nitrogen and oxygen atoms in total. The van der Waals surface area contributed by atoms with Gasteiger partial charge in [0, 0.05) is 43.1 Å². The lowest BCUT2D eigenvalue weighted by Crippen LogP contribution is -2.36. The minimum atomic E-state index is -0.786. The van der Waals surface area contributed by atoms with Gasteiger partial charge in [-0.05, 0) is 19.4 Å². The van der Waals surface area contributed by atoms with Crippen molar-refractivity contribution in [3.8, 4) is 0 Å². The molecule has 0 bridgehead atoms. The van der Waals surface area contributed by atoms with E-state index in [2.05, 4.69) is 10.6 Å². The Morgan fingerprint density at radius 1 is 1.07 bits per heavy atom. The molecule has 0 saturated carbocycles. The minimum absolute atomic E-state index is 0.00529. The summed E-state index contributed by atoms with van der Waals surface area (Å²) in [7, 11) is 0. The van der Waals surface area contributed by atoms with Gasteiger partial charge in [-0.3, -0.25) is 14.4 Å². The average molecular weight is 399 g/mol. The molecule has 6 N–H and O–H groups in total. The van der Waals surface area contributed by atoms with Crippen molar-refractivity contribution in [3.63, 3.8) is 0 Å². The maximum Gasteiger partial charge on any atom is 0.315 e. The van der Waals surface area contributed by atoms with E-state index in [-0.39, 0.29) is 67.7 Å². The summed E-state index contributed by atoms with van der Waals surface area (Å²) < 4.78 is 0. The number of rotatable bonds is 13. The Balaban J connectivity index is 1.57. The van der Waals surface area contributed by atoms with Gasteiger partial charge >= 0.3 is 6.03 Å². The number of hydrogen-bond donors (Lipinski definition) is 4. The van der Waals surface area contributed by atoms with Crippen molar-refractivity contribution in [3.05, 3.63) is 0 Å².